The summed E-state index contributed by atoms with van der Waals surface area (Å²) in [5, 5.41) is 8.99. The van der Waals surface area contributed by atoms with Crippen molar-refractivity contribution < 1.29 is 9.59 Å². The zero-order chi connectivity index (χ0) is 18.5. The molecule has 2 aromatic rings. The summed E-state index contributed by atoms with van der Waals surface area (Å²) in [6, 6.07) is 13.6. The first-order valence-corrected chi connectivity index (χ1v) is 9.09. The van der Waals surface area contributed by atoms with Crippen LogP contribution in [0.15, 0.2) is 42.5 Å². The summed E-state index contributed by atoms with van der Waals surface area (Å²) in [6.07, 6.45) is 2.88. The molecule has 1 saturated carbocycles. The lowest BCUT2D eigenvalue weighted by Gasteiger charge is -2.13. The number of carbonyl (C=O) groups excluding carboxylic acids is 2. The van der Waals surface area contributed by atoms with Crippen LogP contribution in [0.2, 0.25) is 0 Å². The predicted molar refractivity (Wildman–Crippen MR) is 105 cm³/mol. The number of hydrogen-bond donors (Lipinski definition) is 3. The first-order chi connectivity index (χ1) is 12.5. The van der Waals surface area contributed by atoms with Gasteiger partial charge >= 0.3 is 0 Å². The Morgan fingerprint density at radius 2 is 1.81 bits per heavy atom. The number of amides is 2. The van der Waals surface area contributed by atoms with Gasteiger partial charge in [0.05, 0.1) is 6.54 Å². The van der Waals surface area contributed by atoms with Crippen molar-refractivity contribution in [2.45, 2.75) is 33.1 Å². The van der Waals surface area contributed by atoms with Crippen LogP contribution in [0.3, 0.4) is 0 Å². The van der Waals surface area contributed by atoms with Gasteiger partial charge in [0.1, 0.15) is 0 Å². The molecule has 1 fully saturated rings. The van der Waals surface area contributed by atoms with Crippen LogP contribution in [0.25, 0.3) is 0 Å². The SMILES string of the molecule is CCc1cccc(NC(=O)CNc2cc(NC(=O)C3CC3)ccc2C)c1. The summed E-state index contributed by atoms with van der Waals surface area (Å²) in [4.78, 5) is 24.1. The Hall–Kier alpha value is -2.82. The fourth-order valence-corrected chi connectivity index (χ4v) is 2.73. The third kappa shape index (κ3) is 4.85. The largest absolute Gasteiger partial charge is 0.376 e. The number of rotatable bonds is 7. The molecule has 26 heavy (non-hydrogen) atoms. The Morgan fingerprint density at radius 1 is 1.04 bits per heavy atom. The van der Waals surface area contributed by atoms with E-state index in [0.29, 0.717) is 0 Å². The van der Waals surface area contributed by atoms with Crippen LogP contribution in [0.5, 0.6) is 0 Å². The molecule has 0 saturated heterocycles. The highest BCUT2D eigenvalue weighted by Crippen LogP contribution is 2.30. The van der Waals surface area contributed by atoms with Crippen molar-refractivity contribution in [3.8, 4) is 0 Å². The molecule has 0 atom stereocenters. The van der Waals surface area contributed by atoms with Crippen molar-refractivity contribution in [1.29, 1.82) is 0 Å². The van der Waals surface area contributed by atoms with Gasteiger partial charge < -0.3 is 16.0 Å². The topological polar surface area (TPSA) is 70.2 Å². The Morgan fingerprint density at radius 3 is 2.54 bits per heavy atom. The minimum atomic E-state index is -0.106. The summed E-state index contributed by atoms with van der Waals surface area (Å²) in [7, 11) is 0. The maximum Gasteiger partial charge on any atom is 0.243 e. The molecular weight excluding hydrogens is 326 g/mol. The van der Waals surface area contributed by atoms with E-state index in [1.165, 1.54) is 5.56 Å². The van der Waals surface area contributed by atoms with Crippen molar-refractivity contribution in [2.24, 2.45) is 5.92 Å². The number of carbonyl (C=O) groups is 2. The van der Waals surface area contributed by atoms with Gasteiger partial charge in [-0.1, -0.05) is 25.1 Å². The first-order valence-electron chi connectivity index (χ1n) is 9.09. The van der Waals surface area contributed by atoms with Crippen LogP contribution in [-0.4, -0.2) is 18.4 Å². The number of anilines is 3. The summed E-state index contributed by atoms with van der Waals surface area (Å²) in [5.41, 5.74) is 4.61. The molecule has 5 nitrogen and oxygen atoms in total. The quantitative estimate of drug-likeness (QED) is 0.707. The van der Waals surface area contributed by atoms with E-state index >= 15 is 0 Å². The molecule has 5 heteroatoms. The smallest absolute Gasteiger partial charge is 0.243 e. The average molecular weight is 351 g/mol. The lowest BCUT2D eigenvalue weighted by atomic mass is 10.1. The summed E-state index contributed by atoms with van der Waals surface area (Å²) in [6.45, 7) is 4.22. The molecular formula is C21H25N3O2. The van der Waals surface area contributed by atoms with Gasteiger partial charge in [0, 0.05) is 23.0 Å². The van der Waals surface area contributed by atoms with Crippen LogP contribution in [0, 0.1) is 12.8 Å². The molecule has 0 radical (unpaired) electrons. The van der Waals surface area contributed by atoms with E-state index in [-0.39, 0.29) is 24.3 Å². The highest BCUT2D eigenvalue weighted by Gasteiger charge is 2.29. The Labute approximate surface area is 154 Å². The fourth-order valence-electron chi connectivity index (χ4n) is 2.73. The van der Waals surface area contributed by atoms with Gasteiger partial charge in [0.25, 0.3) is 0 Å². The minimum absolute atomic E-state index is 0.0772. The standard InChI is InChI=1S/C21H25N3O2/c1-3-15-5-4-6-17(11-15)23-20(25)13-22-19-12-18(10-7-14(19)2)24-21(26)16-8-9-16/h4-7,10-12,16,22H,3,8-9,13H2,1-2H3,(H,23,25)(H,24,26). The van der Waals surface area contributed by atoms with Gasteiger partial charge in [0.15, 0.2) is 0 Å². The third-order valence-electron chi connectivity index (χ3n) is 4.51. The second-order valence-corrected chi connectivity index (χ2v) is 6.75. The van der Waals surface area contributed by atoms with Crippen LogP contribution in [0.1, 0.15) is 30.9 Å². The highest BCUT2D eigenvalue weighted by atomic mass is 16.2. The monoisotopic (exact) mass is 351 g/mol. The molecule has 1 aliphatic carbocycles. The van der Waals surface area contributed by atoms with E-state index in [9.17, 15) is 9.59 Å². The maximum atomic E-state index is 12.2. The van der Waals surface area contributed by atoms with Crippen molar-refractivity contribution >= 4 is 28.9 Å². The van der Waals surface area contributed by atoms with E-state index in [1.54, 1.807) is 0 Å². The number of nitrogens with one attached hydrogen (secondary N) is 3. The van der Waals surface area contributed by atoms with Gasteiger partial charge in [0.2, 0.25) is 11.8 Å². The van der Waals surface area contributed by atoms with Crippen molar-refractivity contribution in [1.82, 2.24) is 0 Å². The van der Waals surface area contributed by atoms with Crippen LogP contribution in [-0.2, 0) is 16.0 Å². The summed E-state index contributed by atoms with van der Waals surface area (Å²) < 4.78 is 0. The Bertz CT molecular complexity index is 813. The summed E-state index contributed by atoms with van der Waals surface area (Å²) in [5.74, 6) is 0.135. The first kappa shape index (κ1) is 18.0. The molecule has 0 aromatic heterocycles. The second kappa shape index (κ2) is 8.04. The van der Waals surface area contributed by atoms with Gasteiger partial charge in [-0.15, -0.1) is 0 Å². The molecule has 0 bridgehead atoms. The zero-order valence-corrected chi connectivity index (χ0v) is 15.3. The van der Waals surface area contributed by atoms with Gasteiger partial charge in [-0.3, -0.25) is 9.59 Å². The maximum absolute atomic E-state index is 12.2. The predicted octanol–water partition coefficient (Wildman–Crippen LogP) is 3.96. The molecule has 0 unspecified atom stereocenters. The van der Waals surface area contributed by atoms with E-state index in [0.717, 1.165) is 41.9 Å². The van der Waals surface area contributed by atoms with Crippen molar-refractivity contribution in [3.05, 3.63) is 53.6 Å². The molecule has 3 N–H and O–H groups in total. The van der Waals surface area contributed by atoms with E-state index in [1.807, 2.05) is 49.4 Å². The van der Waals surface area contributed by atoms with Crippen LogP contribution < -0.4 is 16.0 Å². The van der Waals surface area contributed by atoms with Gasteiger partial charge in [-0.25, -0.2) is 0 Å². The number of benzene rings is 2. The average Bonchev–Trinajstić information content (AvgIpc) is 3.47. The van der Waals surface area contributed by atoms with Gasteiger partial charge in [-0.05, 0) is 61.6 Å². The summed E-state index contributed by atoms with van der Waals surface area (Å²) >= 11 is 0. The van der Waals surface area contributed by atoms with Crippen LogP contribution in [0.4, 0.5) is 17.1 Å². The molecule has 0 heterocycles. The number of aryl methyl sites for hydroxylation is 2. The lowest BCUT2D eigenvalue weighted by Crippen LogP contribution is -2.22. The zero-order valence-electron chi connectivity index (χ0n) is 15.3. The van der Waals surface area contributed by atoms with E-state index in [2.05, 4.69) is 22.9 Å². The van der Waals surface area contributed by atoms with Gasteiger partial charge in [-0.2, -0.15) is 0 Å². The third-order valence-corrected chi connectivity index (χ3v) is 4.51. The van der Waals surface area contributed by atoms with Crippen molar-refractivity contribution in [3.63, 3.8) is 0 Å². The molecule has 136 valence electrons. The fraction of sp³-hybridized carbons (Fsp3) is 0.333. The molecule has 0 aliphatic heterocycles. The minimum Gasteiger partial charge on any atom is -0.376 e. The molecule has 3 rings (SSSR count). The highest BCUT2D eigenvalue weighted by molar-refractivity contribution is 5.95. The molecule has 1 aliphatic rings. The van der Waals surface area contributed by atoms with E-state index in [4.69, 9.17) is 0 Å². The number of hydrogen-bond acceptors (Lipinski definition) is 3. The van der Waals surface area contributed by atoms with Crippen molar-refractivity contribution in [2.75, 3.05) is 22.5 Å². The molecule has 2 amide bonds. The Balaban J connectivity index is 1.57. The Kier molecular flexibility index (Phi) is 5.56. The second-order valence-electron chi connectivity index (χ2n) is 6.75. The molecule has 0 spiro atoms. The normalized spacial score (nSPS) is 13.2. The molecule has 2 aromatic carbocycles. The van der Waals surface area contributed by atoms with Crippen LogP contribution >= 0.6 is 0 Å². The lowest BCUT2D eigenvalue weighted by molar-refractivity contribution is -0.117. The van der Waals surface area contributed by atoms with E-state index < -0.39 is 0 Å².